The molecule has 152 valence electrons. The van der Waals surface area contributed by atoms with Crippen LogP contribution in [0.2, 0.25) is 5.02 Å². The number of rotatable bonds is 7. The molecule has 3 rings (SSSR count). The topological polar surface area (TPSA) is 37.3 Å². The fourth-order valence-electron chi connectivity index (χ4n) is 3.36. The summed E-state index contributed by atoms with van der Waals surface area (Å²) in [6, 6.07) is 19.7. The smallest absolute Gasteiger partial charge is 0.322 e. The van der Waals surface area contributed by atoms with E-state index in [9.17, 15) is 4.79 Å². The van der Waals surface area contributed by atoms with E-state index in [1.54, 1.807) is 0 Å². The number of halogens is 1. The number of carbonyl (C=O) groups excluding carboxylic acids is 1. The third kappa shape index (κ3) is 6.13. The van der Waals surface area contributed by atoms with Gasteiger partial charge in [-0.05, 0) is 60.4 Å². The average molecular weight is 410 g/mol. The second-order valence-corrected chi connectivity index (χ2v) is 8.27. The van der Waals surface area contributed by atoms with Gasteiger partial charge in [0.1, 0.15) is 0 Å². The molecule has 2 amide bonds. The molecule has 0 unspecified atom stereocenters. The van der Waals surface area contributed by atoms with Gasteiger partial charge in [0.2, 0.25) is 0 Å². The summed E-state index contributed by atoms with van der Waals surface area (Å²) in [7, 11) is 0. The molecule has 0 aliphatic rings. The fourth-order valence-corrected chi connectivity index (χ4v) is 3.57. The summed E-state index contributed by atoms with van der Waals surface area (Å²) in [4.78, 5) is 14.9. The minimum absolute atomic E-state index is 0.0835. The molecular formula is C24H28ClN3O. The zero-order valence-electron chi connectivity index (χ0n) is 17.2. The van der Waals surface area contributed by atoms with Crippen molar-refractivity contribution < 1.29 is 4.79 Å². The van der Waals surface area contributed by atoms with Crippen molar-refractivity contribution in [2.75, 3.05) is 11.9 Å². The molecule has 2 aromatic carbocycles. The molecule has 29 heavy (non-hydrogen) atoms. The highest BCUT2D eigenvalue weighted by Crippen LogP contribution is 2.17. The van der Waals surface area contributed by atoms with E-state index in [0.29, 0.717) is 19.0 Å². The van der Waals surface area contributed by atoms with Crippen LogP contribution in [0.3, 0.4) is 0 Å². The largest absolute Gasteiger partial charge is 0.345 e. The molecular weight excluding hydrogens is 382 g/mol. The molecule has 0 atom stereocenters. The molecule has 1 aromatic heterocycles. The van der Waals surface area contributed by atoms with Crippen molar-refractivity contribution in [3.05, 3.63) is 88.7 Å². The van der Waals surface area contributed by atoms with Crippen LogP contribution in [-0.2, 0) is 13.1 Å². The van der Waals surface area contributed by atoms with E-state index in [-0.39, 0.29) is 6.03 Å². The number of aryl methyl sites for hydroxylation is 1. The first-order valence-corrected chi connectivity index (χ1v) is 10.3. The van der Waals surface area contributed by atoms with E-state index in [1.165, 1.54) is 0 Å². The Kier molecular flexibility index (Phi) is 6.99. The Bertz CT molecular complexity index is 964. The summed E-state index contributed by atoms with van der Waals surface area (Å²) in [5.74, 6) is 0.370. The van der Waals surface area contributed by atoms with Gasteiger partial charge in [-0.2, -0.15) is 0 Å². The van der Waals surface area contributed by atoms with Crippen LogP contribution in [0.5, 0.6) is 0 Å². The summed E-state index contributed by atoms with van der Waals surface area (Å²) in [5, 5.41) is 3.77. The molecule has 4 nitrogen and oxygen atoms in total. The average Bonchev–Trinajstić information content (AvgIpc) is 3.07. The summed E-state index contributed by atoms with van der Waals surface area (Å²) in [6.45, 7) is 8.21. The lowest BCUT2D eigenvalue weighted by Gasteiger charge is -2.26. The molecule has 0 fully saturated rings. The second kappa shape index (κ2) is 9.66. The molecule has 0 bridgehead atoms. The number of nitrogens with zero attached hydrogens (tertiary/aromatic N) is 2. The van der Waals surface area contributed by atoms with Gasteiger partial charge in [-0.3, -0.25) is 0 Å². The fraction of sp³-hybridized carbons (Fsp3) is 0.292. The van der Waals surface area contributed by atoms with Crippen molar-refractivity contribution in [3.63, 3.8) is 0 Å². The number of anilines is 1. The van der Waals surface area contributed by atoms with Gasteiger partial charge in [-0.25, -0.2) is 4.79 Å². The first kappa shape index (κ1) is 21.0. The molecule has 0 aliphatic carbocycles. The van der Waals surface area contributed by atoms with Crippen molar-refractivity contribution >= 4 is 23.3 Å². The van der Waals surface area contributed by atoms with E-state index in [2.05, 4.69) is 35.9 Å². The quantitative estimate of drug-likeness (QED) is 0.496. The van der Waals surface area contributed by atoms with Gasteiger partial charge < -0.3 is 14.8 Å². The van der Waals surface area contributed by atoms with Gasteiger partial charge in [-0.1, -0.05) is 49.7 Å². The first-order valence-electron chi connectivity index (χ1n) is 9.92. The van der Waals surface area contributed by atoms with Crippen molar-refractivity contribution in [3.8, 4) is 0 Å². The van der Waals surface area contributed by atoms with Gasteiger partial charge in [-0.15, -0.1) is 0 Å². The lowest BCUT2D eigenvalue weighted by Crippen LogP contribution is -2.37. The number of hydrogen-bond donors (Lipinski definition) is 1. The highest BCUT2D eigenvalue weighted by molar-refractivity contribution is 6.30. The van der Waals surface area contributed by atoms with Crippen LogP contribution in [0, 0.1) is 12.8 Å². The molecule has 0 saturated heterocycles. The maximum absolute atomic E-state index is 13.0. The predicted octanol–water partition coefficient (Wildman–Crippen LogP) is 6.19. The highest BCUT2D eigenvalue weighted by atomic mass is 35.5. The SMILES string of the molecule is Cc1cccc(NC(=O)N(Cc2cccn2Cc2cccc(Cl)c2)CC(C)C)c1. The standard InChI is InChI=1S/C24H28ClN3O/c1-18(2)15-28(24(29)26-22-10-4-7-19(3)13-22)17-23-11-6-12-27(23)16-20-8-5-9-21(25)14-20/h4-14,18H,15-17H2,1-3H3,(H,26,29). The maximum Gasteiger partial charge on any atom is 0.322 e. The molecule has 3 aromatic rings. The van der Waals surface area contributed by atoms with E-state index < -0.39 is 0 Å². The Balaban J connectivity index is 1.75. The van der Waals surface area contributed by atoms with E-state index in [0.717, 1.165) is 34.1 Å². The third-order valence-corrected chi connectivity index (χ3v) is 4.90. The minimum atomic E-state index is -0.0835. The van der Waals surface area contributed by atoms with E-state index in [4.69, 9.17) is 11.6 Å². The number of urea groups is 1. The van der Waals surface area contributed by atoms with Crippen LogP contribution in [0.4, 0.5) is 10.5 Å². The van der Waals surface area contributed by atoms with Crippen LogP contribution in [-0.4, -0.2) is 22.0 Å². The zero-order chi connectivity index (χ0) is 20.8. The van der Waals surface area contributed by atoms with Gasteiger partial charge >= 0.3 is 6.03 Å². The Labute approximate surface area is 178 Å². The van der Waals surface area contributed by atoms with E-state index in [1.807, 2.05) is 66.6 Å². The summed E-state index contributed by atoms with van der Waals surface area (Å²) in [5.41, 5.74) is 4.16. The lowest BCUT2D eigenvalue weighted by molar-refractivity contribution is 0.200. The summed E-state index contributed by atoms with van der Waals surface area (Å²) in [6.07, 6.45) is 2.04. The zero-order valence-corrected chi connectivity index (χ0v) is 18.0. The number of hydrogen-bond acceptors (Lipinski definition) is 1. The van der Waals surface area contributed by atoms with Crippen LogP contribution in [0.15, 0.2) is 66.9 Å². The van der Waals surface area contributed by atoms with Crippen LogP contribution in [0.25, 0.3) is 0 Å². The number of benzene rings is 2. The number of amides is 2. The normalized spacial score (nSPS) is 10.9. The lowest BCUT2D eigenvalue weighted by atomic mass is 10.2. The molecule has 5 heteroatoms. The Morgan fingerprint density at radius 3 is 2.62 bits per heavy atom. The molecule has 1 N–H and O–H groups in total. The van der Waals surface area contributed by atoms with Crippen LogP contribution < -0.4 is 5.32 Å². The van der Waals surface area contributed by atoms with Crippen molar-refractivity contribution in [2.24, 2.45) is 5.92 Å². The monoisotopic (exact) mass is 409 g/mol. The van der Waals surface area contributed by atoms with Gasteiger partial charge in [0.25, 0.3) is 0 Å². The van der Waals surface area contributed by atoms with Gasteiger partial charge in [0, 0.05) is 35.7 Å². The Hall–Kier alpha value is -2.72. The van der Waals surface area contributed by atoms with Gasteiger partial charge in [0.05, 0.1) is 6.54 Å². The number of nitrogens with one attached hydrogen (secondary N) is 1. The first-order chi connectivity index (χ1) is 13.9. The van der Waals surface area contributed by atoms with Crippen molar-refractivity contribution in [1.29, 1.82) is 0 Å². The second-order valence-electron chi connectivity index (χ2n) is 7.83. The number of carbonyl (C=O) groups is 1. The minimum Gasteiger partial charge on any atom is -0.345 e. The molecule has 0 aliphatic heterocycles. The Morgan fingerprint density at radius 1 is 1.10 bits per heavy atom. The van der Waals surface area contributed by atoms with Crippen LogP contribution >= 0.6 is 11.6 Å². The maximum atomic E-state index is 13.0. The third-order valence-electron chi connectivity index (χ3n) is 4.66. The van der Waals surface area contributed by atoms with Crippen molar-refractivity contribution in [1.82, 2.24) is 9.47 Å². The highest BCUT2D eigenvalue weighted by Gasteiger charge is 2.17. The molecule has 0 radical (unpaired) electrons. The van der Waals surface area contributed by atoms with E-state index >= 15 is 0 Å². The Morgan fingerprint density at radius 2 is 1.90 bits per heavy atom. The number of aromatic nitrogens is 1. The molecule has 1 heterocycles. The molecule has 0 saturated carbocycles. The predicted molar refractivity (Wildman–Crippen MR) is 120 cm³/mol. The van der Waals surface area contributed by atoms with Gasteiger partial charge in [0.15, 0.2) is 0 Å². The summed E-state index contributed by atoms with van der Waals surface area (Å²) < 4.78 is 2.17. The summed E-state index contributed by atoms with van der Waals surface area (Å²) >= 11 is 6.13. The van der Waals surface area contributed by atoms with Crippen LogP contribution in [0.1, 0.15) is 30.7 Å². The molecule has 0 spiro atoms. The van der Waals surface area contributed by atoms with Crippen molar-refractivity contribution in [2.45, 2.75) is 33.9 Å².